The van der Waals surface area contributed by atoms with Crippen LogP contribution in [0.4, 0.5) is 0 Å². The molecular formula is C10H14N2OS. The summed E-state index contributed by atoms with van der Waals surface area (Å²) in [5.74, 6) is 0.146. The number of carbonyl (C=O) groups excluding carboxylic acids is 1. The van der Waals surface area contributed by atoms with Crippen molar-refractivity contribution in [1.29, 1.82) is 0 Å². The van der Waals surface area contributed by atoms with Gasteiger partial charge in [-0.1, -0.05) is 0 Å². The minimum Gasteiger partial charge on any atom is -0.349 e. The first-order chi connectivity index (χ1) is 6.68. The monoisotopic (exact) mass is 210 g/mol. The first kappa shape index (κ1) is 9.68. The van der Waals surface area contributed by atoms with Gasteiger partial charge in [-0.3, -0.25) is 4.79 Å². The molecule has 14 heavy (non-hydrogen) atoms. The minimum atomic E-state index is 0.0519. The lowest BCUT2D eigenvalue weighted by atomic mass is 10.2. The average Bonchev–Trinajstić information content (AvgIpc) is 2.70. The molecule has 1 fully saturated rings. The molecule has 0 aliphatic heterocycles. The molecule has 1 heterocycles. The largest absolute Gasteiger partial charge is 0.349 e. The van der Waals surface area contributed by atoms with Gasteiger partial charge in [0.15, 0.2) is 0 Å². The lowest BCUT2D eigenvalue weighted by Gasteiger charge is -2.11. The van der Waals surface area contributed by atoms with Gasteiger partial charge in [0.1, 0.15) is 0 Å². The number of nitrogens with one attached hydrogen (secondary N) is 1. The summed E-state index contributed by atoms with van der Waals surface area (Å²) in [4.78, 5) is 11.5. The molecule has 4 heteroatoms. The molecule has 0 bridgehead atoms. The summed E-state index contributed by atoms with van der Waals surface area (Å²) in [6.45, 7) is 1.99. The van der Waals surface area contributed by atoms with E-state index in [-0.39, 0.29) is 23.9 Å². The number of nitrogens with two attached hydrogens (primary N) is 1. The van der Waals surface area contributed by atoms with Gasteiger partial charge in [0.2, 0.25) is 5.91 Å². The SMILES string of the molecule is CC(NC(=O)C1CC1N)c1ccsc1. The second-order valence-electron chi connectivity index (χ2n) is 3.79. The van der Waals surface area contributed by atoms with Gasteiger partial charge in [-0.25, -0.2) is 0 Å². The van der Waals surface area contributed by atoms with Crippen LogP contribution in [0.5, 0.6) is 0 Å². The Kier molecular flexibility index (Phi) is 2.56. The summed E-state index contributed by atoms with van der Waals surface area (Å²) in [7, 11) is 0. The number of thiophene rings is 1. The topological polar surface area (TPSA) is 55.1 Å². The first-order valence-electron chi connectivity index (χ1n) is 4.76. The summed E-state index contributed by atoms with van der Waals surface area (Å²) < 4.78 is 0. The fraction of sp³-hybridized carbons (Fsp3) is 0.500. The van der Waals surface area contributed by atoms with Crippen molar-refractivity contribution in [2.45, 2.75) is 25.4 Å². The summed E-state index contributed by atoms with van der Waals surface area (Å²) in [6, 6.07) is 2.22. The van der Waals surface area contributed by atoms with Crippen molar-refractivity contribution in [3.63, 3.8) is 0 Å². The first-order valence-corrected chi connectivity index (χ1v) is 5.71. The van der Waals surface area contributed by atoms with Crippen LogP contribution in [0.2, 0.25) is 0 Å². The van der Waals surface area contributed by atoms with Crippen LogP contribution < -0.4 is 11.1 Å². The predicted molar refractivity (Wildman–Crippen MR) is 57.0 cm³/mol. The van der Waals surface area contributed by atoms with Crippen LogP contribution in [0.25, 0.3) is 0 Å². The zero-order chi connectivity index (χ0) is 10.1. The molecule has 1 aliphatic rings. The van der Waals surface area contributed by atoms with E-state index in [0.29, 0.717) is 0 Å². The van der Waals surface area contributed by atoms with E-state index in [1.807, 2.05) is 18.4 Å². The van der Waals surface area contributed by atoms with Gasteiger partial charge in [0, 0.05) is 6.04 Å². The minimum absolute atomic E-state index is 0.0519. The smallest absolute Gasteiger partial charge is 0.225 e. The Morgan fingerprint density at radius 1 is 1.79 bits per heavy atom. The number of hydrogen-bond donors (Lipinski definition) is 2. The van der Waals surface area contributed by atoms with Crippen LogP contribution in [0.15, 0.2) is 16.8 Å². The molecule has 76 valence electrons. The van der Waals surface area contributed by atoms with Crippen molar-refractivity contribution in [3.05, 3.63) is 22.4 Å². The third kappa shape index (κ3) is 1.96. The molecule has 3 atom stereocenters. The summed E-state index contributed by atoms with van der Waals surface area (Å²) >= 11 is 1.64. The number of hydrogen-bond acceptors (Lipinski definition) is 3. The Bertz CT molecular complexity index is 323. The van der Waals surface area contributed by atoms with Gasteiger partial charge in [-0.15, -0.1) is 0 Å². The summed E-state index contributed by atoms with van der Waals surface area (Å²) in [5.41, 5.74) is 6.77. The van der Waals surface area contributed by atoms with Gasteiger partial charge in [-0.05, 0) is 35.7 Å². The molecule has 1 saturated carbocycles. The quantitative estimate of drug-likeness (QED) is 0.789. The lowest BCUT2D eigenvalue weighted by Crippen LogP contribution is -2.29. The highest BCUT2D eigenvalue weighted by molar-refractivity contribution is 7.07. The van der Waals surface area contributed by atoms with Crippen molar-refractivity contribution in [3.8, 4) is 0 Å². The van der Waals surface area contributed by atoms with E-state index in [9.17, 15) is 4.79 Å². The van der Waals surface area contributed by atoms with E-state index >= 15 is 0 Å². The highest BCUT2D eigenvalue weighted by Gasteiger charge is 2.40. The third-order valence-corrected chi connectivity index (χ3v) is 3.28. The fourth-order valence-electron chi connectivity index (χ4n) is 1.44. The Morgan fingerprint density at radius 2 is 2.50 bits per heavy atom. The molecule has 3 N–H and O–H groups in total. The molecule has 0 aromatic carbocycles. The van der Waals surface area contributed by atoms with Crippen molar-refractivity contribution >= 4 is 17.2 Å². The normalized spacial score (nSPS) is 27.0. The molecular weight excluding hydrogens is 196 g/mol. The Labute approximate surface area is 87.3 Å². The van der Waals surface area contributed by atoms with Gasteiger partial charge >= 0.3 is 0 Å². The molecule has 0 spiro atoms. The number of rotatable bonds is 3. The van der Waals surface area contributed by atoms with Crippen LogP contribution in [-0.4, -0.2) is 11.9 Å². The van der Waals surface area contributed by atoms with E-state index in [2.05, 4.69) is 10.7 Å². The molecule has 1 aromatic heterocycles. The van der Waals surface area contributed by atoms with Crippen molar-refractivity contribution in [1.82, 2.24) is 5.32 Å². The molecule has 1 amide bonds. The van der Waals surface area contributed by atoms with Gasteiger partial charge < -0.3 is 11.1 Å². The maximum absolute atomic E-state index is 11.5. The van der Waals surface area contributed by atoms with E-state index < -0.39 is 0 Å². The van der Waals surface area contributed by atoms with Gasteiger partial charge in [0.05, 0.1) is 12.0 Å². The Balaban J connectivity index is 1.88. The molecule has 3 unspecified atom stereocenters. The van der Waals surface area contributed by atoms with Crippen LogP contribution in [0, 0.1) is 5.92 Å². The lowest BCUT2D eigenvalue weighted by molar-refractivity contribution is -0.123. The van der Waals surface area contributed by atoms with E-state index in [0.717, 1.165) is 12.0 Å². The highest BCUT2D eigenvalue weighted by atomic mass is 32.1. The maximum atomic E-state index is 11.5. The van der Waals surface area contributed by atoms with Crippen molar-refractivity contribution in [2.24, 2.45) is 11.7 Å². The Hall–Kier alpha value is -0.870. The Morgan fingerprint density at radius 3 is 3.00 bits per heavy atom. The molecule has 2 rings (SSSR count). The van der Waals surface area contributed by atoms with E-state index in [1.165, 1.54) is 0 Å². The van der Waals surface area contributed by atoms with Gasteiger partial charge in [-0.2, -0.15) is 11.3 Å². The van der Waals surface area contributed by atoms with Crippen molar-refractivity contribution in [2.75, 3.05) is 0 Å². The molecule has 3 nitrogen and oxygen atoms in total. The van der Waals surface area contributed by atoms with E-state index in [4.69, 9.17) is 5.73 Å². The zero-order valence-corrected chi connectivity index (χ0v) is 8.88. The molecule has 0 radical (unpaired) electrons. The molecule has 1 aliphatic carbocycles. The number of amides is 1. The second-order valence-corrected chi connectivity index (χ2v) is 4.57. The maximum Gasteiger partial charge on any atom is 0.225 e. The van der Waals surface area contributed by atoms with Crippen LogP contribution in [-0.2, 0) is 4.79 Å². The van der Waals surface area contributed by atoms with E-state index in [1.54, 1.807) is 11.3 Å². The summed E-state index contributed by atoms with van der Waals surface area (Å²) in [5, 5.41) is 7.03. The van der Waals surface area contributed by atoms with Gasteiger partial charge in [0.25, 0.3) is 0 Å². The van der Waals surface area contributed by atoms with Crippen LogP contribution >= 0.6 is 11.3 Å². The van der Waals surface area contributed by atoms with Crippen molar-refractivity contribution < 1.29 is 4.79 Å². The van der Waals surface area contributed by atoms with Crippen LogP contribution in [0.1, 0.15) is 24.9 Å². The standard InChI is InChI=1S/C10H14N2OS/c1-6(7-2-3-14-5-7)12-10(13)8-4-9(8)11/h2-3,5-6,8-9H,4,11H2,1H3,(H,12,13). The molecule has 1 aromatic rings. The summed E-state index contributed by atoms with van der Waals surface area (Å²) in [6.07, 6.45) is 0.836. The second kappa shape index (κ2) is 3.71. The zero-order valence-electron chi connectivity index (χ0n) is 8.07. The molecule has 0 saturated heterocycles. The number of carbonyl (C=O) groups is 1. The van der Waals surface area contributed by atoms with Crippen LogP contribution in [0.3, 0.4) is 0 Å². The average molecular weight is 210 g/mol. The highest BCUT2D eigenvalue weighted by Crippen LogP contribution is 2.28. The predicted octanol–water partition coefficient (Wildman–Crippen LogP) is 1.27. The third-order valence-electron chi connectivity index (χ3n) is 2.58. The fourth-order valence-corrected chi connectivity index (χ4v) is 2.20.